The van der Waals surface area contributed by atoms with Crippen LogP contribution in [0.5, 0.6) is 0 Å². The van der Waals surface area contributed by atoms with E-state index in [9.17, 15) is 18.8 Å². The van der Waals surface area contributed by atoms with Crippen molar-refractivity contribution in [2.24, 2.45) is 0 Å². The van der Waals surface area contributed by atoms with E-state index < -0.39 is 34.7 Å². The van der Waals surface area contributed by atoms with Crippen molar-refractivity contribution in [3.8, 4) is 5.69 Å². The largest absolute Gasteiger partial charge is 0.352 e. The fourth-order valence-corrected chi connectivity index (χ4v) is 3.66. The molecule has 34 heavy (non-hydrogen) atoms. The van der Waals surface area contributed by atoms with Crippen molar-refractivity contribution in [1.82, 2.24) is 19.7 Å². The highest BCUT2D eigenvalue weighted by molar-refractivity contribution is 5.92. The first-order valence-electron chi connectivity index (χ1n) is 10.8. The molecule has 7 nitrogen and oxygen atoms in total. The maximum Gasteiger partial charge on any atom is 0.352 e. The van der Waals surface area contributed by atoms with Crippen LogP contribution in [0.3, 0.4) is 0 Å². The highest BCUT2D eigenvalue weighted by Gasteiger charge is 2.23. The summed E-state index contributed by atoms with van der Waals surface area (Å²) in [6, 6.07) is 21.6. The number of nitrogens with zero attached hydrogens (tertiary/aromatic N) is 3. The van der Waals surface area contributed by atoms with Crippen LogP contribution in [0.25, 0.3) is 5.69 Å². The zero-order valence-electron chi connectivity index (χ0n) is 18.7. The van der Waals surface area contributed by atoms with Crippen LogP contribution in [0.4, 0.5) is 4.39 Å². The van der Waals surface area contributed by atoms with Crippen molar-refractivity contribution in [1.29, 1.82) is 0 Å². The molecule has 1 aromatic heterocycles. The molecule has 8 heteroatoms. The average molecular weight is 458 g/mol. The van der Waals surface area contributed by atoms with E-state index in [2.05, 4.69) is 10.4 Å². The molecule has 0 unspecified atom stereocenters. The number of nitrogens with one attached hydrogen (secondary N) is 1. The summed E-state index contributed by atoms with van der Waals surface area (Å²) in [7, 11) is 0. The van der Waals surface area contributed by atoms with Crippen LogP contribution in [0, 0.1) is 12.7 Å². The SMILES string of the molecule is Cc1cccc(Cn2c(=O)c(C(=O)N[C@H](C)c3ccccc3)nn(-c3ccccc3F)c2=O)c1. The molecule has 0 saturated heterocycles. The highest BCUT2D eigenvalue weighted by atomic mass is 19.1. The van der Waals surface area contributed by atoms with Gasteiger partial charge in [-0.1, -0.05) is 72.3 Å². The summed E-state index contributed by atoms with van der Waals surface area (Å²) < 4.78 is 16.2. The quantitative estimate of drug-likeness (QED) is 0.480. The fraction of sp³-hybridized carbons (Fsp3) is 0.154. The van der Waals surface area contributed by atoms with E-state index >= 15 is 0 Å². The number of carbonyl (C=O) groups is 1. The Morgan fingerprint density at radius 3 is 2.41 bits per heavy atom. The van der Waals surface area contributed by atoms with Gasteiger partial charge in [0, 0.05) is 0 Å². The van der Waals surface area contributed by atoms with Crippen molar-refractivity contribution in [2.45, 2.75) is 26.4 Å². The third kappa shape index (κ3) is 4.71. The summed E-state index contributed by atoms with van der Waals surface area (Å²) in [5.74, 6) is -1.47. The standard InChI is InChI=1S/C26H23FN4O3/c1-17-9-8-10-19(15-17)16-30-25(33)23(24(32)28-18(2)20-11-4-3-5-12-20)29-31(26(30)34)22-14-7-6-13-21(22)27/h3-15,18H,16H2,1-2H3,(H,28,32)/t18-/m1/s1. The van der Waals surface area contributed by atoms with Crippen LogP contribution in [-0.4, -0.2) is 20.3 Å². The summed E-state index contributed by atoms with van der Waals surface area (Å²) in [4.78, 5) is 39.5. The first-order chi connectivity index (χ1) is 16.3. The molecular weight excluding hydrogens is 435 g/mol. The molecule has 0 aliphatic carbocycles. The normalized spacial score (nSPS) is 11.7. The Morgan fingerprint density at radius 1 is 1.00 bits per heavy atom. The molecule has 0 spiro atoms. The summed E-state index contributed by atoms with van der Waals surface area (Å²) >= 11 is 0. The van der Waals surface area contributed by atoms with E-state index in [-0.39, 0.29) is 12.2 Å². The molecule has 0 aliphatic rings. The van der Waals surface area contributed by atoms with Crippen LogP contribution in [0.15, 0.2) is 88.5 Å². The molecule has 4 rings (SSSR count). The van der Waals surface area contributed by atoms with E-state index in [1.54, 1.807) is 25.1 Å². The lowest BCUT2D eigenvalue weighted by Crippen LogP contribution is -2.46. The number of hydrogen-bond donors (Lipinski definition) is 1. The Kier molecular flexibility index (Phi) is 6.49. The summed E-state index contributed by atoms with van der Waals surface area (Å²) in [6.07, 6.45) is 0. The smallest absolute Gasteiger partial charge is 0.344 e. The number of carbonyl (C=O) groups excluding carboxylic acids is 1. The lowest BCUT2D eigenvalue weighted by atomic mass is 10.1. The van der Waals surface area contributed by atoms with E-state index in [0.717, 1.165) is 20.4 Å². The van der Waals surface area contributed by atoms with Crippen molar-refractivity contribution in [3.63, 3.8) is 0 Å². The number of amides is 1. The Hall–Kier alpha value is -4.33. The Labute approximate surface area is 195 Å². The van der Waals surface area contributed by atoms with Crippen LogP contribution in [-0.2, 0) is 6.54 Å². The number of benzene rings is 3. The lowest BCUT2D eigenvalue weighted by Gasteiger charge is -2.16. The van der Waals surface area contributed by atoms with Gasteiger partial charge in [-0.05, 0) is 37.1 Å². The fourth-order valence-electron chi connectivity index (χ4n) is 3.66. The first-order valence-corrected chi connectivity index (χ1v) is 10.8. The molecule has 0 aliphatic heterocycles. The Balaban J connectivity index is 1.83. The highest BCUT2D eigenvalue weighted by Crippen LogP contribution is 2.13. The monoisotopic (exact) mass is 458 g/mol. The molecule has 4 aromatic rings. The predicted molar refractivity (Wildman–Crippen MR) is 127 cm³/mol. The topological polar surface area (TPSA) is 86.0 Å². The van der Waals surface area contributed by atoms with Gasteiger partial charge in [0.25, 0.3) is 11.5 Å². The summed E-state index contributed by atoms with van der Waals surface area (Å²) in [5.41, 5.74) is 0.117. The van der Waals surface area contributed by atoms with Crippen molar-refractivity contribution < 1.29 is 9.18 Å². The van der Waals surface area contributed by atoms with Gasteiger partial charge >= 0.3 is 5.69 Å². The lowest BCUT2D eigenvalue weighted by molar-refractivity contribution is 0.0930. The first kappa shape index (κ1) is 22.8. The van der Waals surface area contributed by atoms with E-state index in [4.69, 9.17) is 0 Å². The number of hydrogen-bond acceptors (Lipinski definition) is 4. The van der Waals surface area contributed by atoms with Crippen molar-refractivity contribution in [2.75, 3.05) is 0 Å². The number of aryl methyl sites for hydroxylation is 1. The molecule has 1 N–H and O–H groups in total. The summed E-state index contributed by atoms with van der Waals surface area (Å²) in [6.45, 7) is 3.57. The molecule has 0 radical (unpaired) electrons. The van der Waals surface area contributed by atoms with Crippen LogP contribution < -0.4 is 16.6 Å². The zero-order chi connectivity index (χ0) is 24.2. The minimum atomic E-state index is -0.850. The van der Waals surface area contributed by atoms with Gasteiger partial charge < -0.3 is 5.32 Å². The second kappa shape index (κ2) is 9.66. The van der Waals surface area contributed by atoms with E-state index in [1.165, 1.54) is 18.2 Å². The van der Waals surface area contributed by atoms with E-state index in [1.807, 2.05) is 49.4 Å². The second-order valence-corrected chi connectivity index (χ2v) is 7.98. The van der Waals surface area contributed by atoms with Crippen LogP contribution >= 0.6 is 0 Å². The Bertz CT molecular complexity index is 1460. The van der Waals surface area contributed by atoms with Gasteiger partial charge in [0.15, 0.2) is 0 Å². The van der Waals surface area contributed by atoms with Gasteiger partial charge in [-0.25, -0.2) is 9.18 Å². The number of aromatic nitrogens is 3. The zero-order valence-corrected chi connectivity index (χ0v) is 18.7. The molecule has 1 amide bonds. The second-order valence-electron chi connectivity index (χ2n) is 7.98. The maximum atomic E-state index is 14.5. The molecular formula is C26H23FN4O3. The molecule has 0 bridgehead atoms. The third-order valence-corrected chi connectivity index (χ3v) is 5.43. The minimum Gasteiger partial charge on any atom is -0.344 e. The van der Waals surface area contributed by atoms with Gasteiger partial charge in [0.2, 0.25) is 5.69 Å². The van der Waals surface area contributed by atoms with Crippen LogP contribution in [0.1, 0.15) is 40.1 Å². The van der Waals surface area contributed by atoms with Gasteiger partial charge in [-0.15, -0.1) is 0 Å². The molecule has 3 aromatic carbocycles. The third-order valence-electron chi connectivity index (χ3n) is 5.43. The number of rotatable bonds is 6. The maximum absolute atomic E-state index is 14.5. The number of para-hydroxylation sites is 1. The van der Waals surface area contributed by atoms with Gasteiger partial charge in [-0.2, -0.15) is 9.78 Å². The predicted octanol–water partition coefficient (Wildman–Crippen LogP) is 3.38. The minimum absolute atomic E-state index is 0.0924. The Morgan fingerprint density at radius 2 is 1.71 bits per heavy atom. The van der Waals surface area contributed by atoms with Gasteiger partial charge in [-0.3, -0.25) is 14.2 Å². The van der Waals surface area contributed by atoms with Crippen molar-refractivity contribution >= 4 is 5.91 Å². The molecule has 1 heterocycles. The number of halogens is 1. The molecule has 0 fully saturated rings. The van der Waals surface area contributed by atoms with Gasteiger partial charge in [0.1, 0.15) is 11.5 Å². The van der Waals surface area contributed by atoms with Gasteiger partial charge in [0.05, 0.1) is 12.6 Å². The van der Waals surface area contributed by atoms with E-state index in [0.29, 0.717) is 5.56 Å². The summed E-state index contributed by atoms with van der Waals surface area (Å²) in [5, 5.41) is 6.73. The van der Waals surface area contributed by atoms with Crippen LogP contribution in [0.2, 0.25) is 0 Å². The molecule has 1 atom stereocenters. The van der Waals surface area contributed by atoms with Crippen molar-refractivity contribution in [3.05, 3.63) is 128 Å². The molecule has 0 saturated carbocycles. The molecule has 172 valence electrons. The average Bonchev–Trinajstić information content (AvgIpc) is 2.83.